The lowest BCUT2D eigenvalue weighted by Crippen LogP contribution is -2.64. The van der Waals surface area contributed by atoms with Gasteiger partial charge >= 0.3 is 0 Å². The van der Waals surface area contributed by atoms with Crippen LogP contribution in [0.2, 0.25) is 0 Å². The van der Waals surface area contributed by atoms with Crippen molar-refractivity contribution in [3.63, 3.8) is 0 Å². The number of nitrogens with zero attached hydrogens (tertiary/aromatic N) is 2. The molecule has 23 heavy (non-hydrogen) atoms. The molecule has 0 bridgehead atoms. The van der Waals surface area contributed by atoms with E-state index in [1.165, 1.54) is 25.7 Å². The van der Waals surface area contributed by atoms with E-state index in [-0.39, 0.29) is 17.2 Å². The Morgan fingerprint density at radius 1 is 1.35 bits per heavy atom. The zero-order valence-electron chi connectivity index (χ0n) is 14.6. The Balaban J connectivity index is 1.55. The number of ether oxygens (including phenoxy) is 1. The van der Waals surface area contributed by atoms with Crippen molar-refractivity contribution in [3.05, 3.63) is 0 Å². The van der Waals surface area contributed by atoms with Crippen LogP contribution < -0.4 is 0 Å². The quantitative estimate of drug-likeness (QED) is 0.753. The Morgan fingerprint density at radius 3 is 2.70 bits per heavy atom. The SMILES string of the molecule is CCO[C@@H]1C[C@@H](N(C)C(=O)CCN2CCCC2=O)C12CCCC2. The van der Waals surface area contributed by atoms with Crippen molar-refractivity contribution >= 4 is 11.8 Å². The van der Waals surface area contributed by atoms with Crippen LogP contribution in [0.15, 0.2) is 0 Å². The first-order valence-corrected chi connectivity index (χ1v) is 9.23. The Hall–Kier alpha value is -1.10. The van der Waals surface area contributed by atoms with Crippen molar-refractivity contribution in [2.24, 2.45) is 5.41 Å². The van der Waals surface area contributed by atoms with Gasteiger partial charge < -0.3 is 14.5 Å². The van der Waals surface area contributed by atoms with E-state index in [1.54, 1.807) is 0 Å². The van der Waals surface area contributed by atoms with Gasteiger partial charge in [-0.2, -0.15) is 0 Å². The topological polar surface area (TPSA) is 49.9 Å². The molecule has 3 aliphatic rings. The van der Waals surface area contributed by atoms with Crippen LogP contribution in [0.3, 0.4) is 0 Å². The van der Waals surface area contributed by atoms with Gasteiger partial charge in [0.1, 0.15) is 0 Å². The molecule has 3 fully saturated rings. The van der Waals surface area contributed by atoms with E-state index in [9.17, 15) is 9.59 Å². The van der Waals surface area contributed by atoms with Crippen LogP contribution in [0.4, 0.5) is 0 Å². The monoisotopic (exact) mass is 322 g/mol. The summed E-state index contributed by atoms with van der Waals surface area (Å²) in [7, 11) is 1.95. The van der Waals surface area contributed by atoms with Crippen molar-refractivity contribution in [1.29, 1.82) is 0 Å². The molecule has 5 heteroatoms. The van der Waals surface area contributed by atoms with Crippen molar-refractivity contribution in [2.75, 3.05) is 26.7 Å². The van der Waals surface area contributed by atoms with Gasteiger partial charge in [0.15, 0.2) is 0 Å². The molecule has 0 radical (unpaired) electrons. The summed E-state index contributed by atoms with van der Waals surface area (Å²) in [5, 5.41) is 0. The average molecular weight is 322 g/mol. The standard InChI is InChI=1S/C18H30N2O3/c1-3-23-15-13-14(18(15)9-4-5-10-18)19(2)16(21)8-12-20-11-6-7-17(20)22/h14-15H,3-13H2,1-2H3/t14-,15-/m1/s1. The molecule has 0 aromatic heterocycles. The normalized spacial score (nSPS) is 29.1. The zero-order chi connectivity index (χ0) is 16.4. The molecule has 2 aliphatic carbocycles. The van der Waals surface area contributed by atoms with Crippen LogP contribution in [-0.2, 0) is 14.3 Å². The first-order valence-electron chi connectivity index (χ1n) is 9.23. The first-order chi connectivity index (χ1) is 11.1. The van der Waals surface area contributed by atoms with Gasteiger partial charge in [-0.1, -0.05) is 12.8 Å². The molecule has 0 aromatic rings. The van der Waals surface area contributed by atoms with Gasteiger partial charge in [0, 0.05) is 51.0 Å². The Kier molecular flexibility index (Phi) is 4.95. The molecule has 1 saturated heterocycles. The molecule has 2 saturated carbocycles. The third kappa shape index (κ3) is 3.00. The molecule has 130 valence electrons. The molecule has 0 aromatic carbocycles. The van der Waals surface area contributed by atoms with E-state index >= 15 is 0 Å². The number of carbonyl (C=O) groups is 2. The second kappa shape index (κ2) is 6.80. The Bertz CT molecular complexity index is 459. The highest BCUT2D eigenvalue weighted by atomic mass is 16.5. The van der Waals surface area contributed by atoms with E-state index in [0.717, 1.165) is 26.0 Å². The van der Waals surface area contributed by atoms with Crippen molar-refractivity contribution in [3.8, 4) is 0 Å². The summed E-state index contributed by atoms with van der Waals surface area (Å²) in [5.74, 6) is 0.378. The molecule has 1 aliphatic heterocycles. The maximum atomic E-state index is 12.6. The third-order valence-electron chi connectivity index (χ3n) is 6.27. The highest BCUT2D eigenvalue weighted by molar-refractivity contribution is 5.80. The van der Waals surface area contributed by atoms with E-state index in [4.69, 9.17) is 4.74 Å². The third-order valence-corrected chi connectivity index (χ3v) is 6.27. The lowest BCUT2D eigenvalue weighted by Gasteiger charge is -2.57. The highest BCUT2D eigenvalue weighted by Gasteiger charge is 2.58. The van der Waals surface area contributed by atoms with Crippen LogP contribution in [-0.4, -0.2) is 60.5 Å². The molecule has 1 spiro atoms. The molecule has 1 heterocycles. The highest BCUT2D eigenvalue weighted by Crippen LogP contribution is 2.56. The van der Waals surface area contributed by atoms with Crippen molar-refractivity contribution in [1.82, 2.24) is 9.80 Å². The Morgan fingerprint density at radius 2 is 2.09 bits per heavy atom. The summed E-state index contributed by atoms with van der Waals surface area (Å²) >= 11 is 0. The van der Waals surface area contributed by atoms with Crippen LogP contribution in [0.25, 0.3) is 0 Å². The smallest absolute Gasteiger partial charge is 0.224 e. The summed E-state index contributed by atoms with van der Waals surface area (Å²) in [5.41, 5.74) is 0.198. The summed E-state index contributed by atoms with van der Waals surface area (Å²) in [6.07, 6.45) is 8.21. The van der Waals surface area contributed by atoms with Gasteiger partial charge in [-0.15, -0.1) is 0 Å². The summed E-state index contributed by atoms with van der Waals surface area (Å²) in [4.78, 5) is 28.0. The minimum absolute atomic E-state index is 0.177. The molecular weight excluding hydrogens is 292 g/mol. The number of likely N-dealkylation sites (tertiary alicyclic amines) is 1. The van der Waals surface area contributed by atoms with Crippen molar-refractivity contribution < 1.29 is 14.3 Å². The summed E-state index contributed by atoms with van der Waals surface area (Å²) in [6.45, 7) is 4.21. The second-order valence-electron chi connectivity index (χ2n) is 7.37. The van der Waals surface area contributed by atoms with E-state index in [2.05, 4.69) is 6.92 Å². The molecule has 2 amide bonds. The lowest BCUT2D eigenvalue weighted by molar-refractivity contribution is -0.172. The summed E-state index contributed by atoms with van der Waals surface area (Å²) in [6, 6.07) is 0.323. The maximum absolute atomic E-state index is 12.6. The number of amides is 2. The largest absolute Gasteiger partial charge is 0.378 e. The fourth-order valence-corrected chi connectivity index (χ4v) is 4.91. The number of rotatable bonds is 6. The minimum Gasteiger partial charge on any atom is -0.378 e. The van der Waals surface area contributed by atoms with E-state index in [0.29, 0.717) is 31.5 Å². The zero-order valence-corrected chi connectivity index (χ0v) is 14.6. The average Bonchev–Trinajstić information content (AvgIpc) is 3.18. The number of carbonyl (C=O) groups excluding carboxylic acids is 2. The van der Waals surface area contributed by atoms with Crippen LogP contribution in [0.1, 0.15) is 58.3 Å². The molecule has 2 atom stereocenters. The van der Waals surface area contributed by atoms with Crippen LogP contribution in [0.5, 0.6) is 0 Å². The molecule has 0 N–H and O–H groups in total. The van der Waals surface area contributed by atoms with Crippen molar-refractivity contribution in [2.45, 2.75) is 70.4 Å². The van der Waals surface area contributed by atoms with Gasteiger partial charge in [0.2, 0.25) is 11.8 Å². The Labute approximate surface area is 139 Å². The fourth-order valence-electron chi connectivity index (χ4n) is 4.91. The second-order valence-corrected chi connectivity index (χ2v) is 7.37. The van der Waals surface area contributed by atoms with Gasteiger partial charge in [-0.25, -0.2) is 0 Å². The van der Waals surface area contributed by atoms with Gasteiger partial charge in [0.25, 0.3) is 0 Å². The molecule has 3 rings (SSSR count). The van der Waals surface area contributed by atoms with Gasteiger partial charge in [-0.3, -0.25) is 9.59 Å². The van der Waals surface area contributed by atoms with Crippen LogP contribution in [0, 0.1) is 5.41 Å². The first kappa shape index (κ1) is 16.7. The molecule has 5 nitrogen and oxygen atoms in total. The minimum atomic E-state index is 0.177. The summed E-state index contributed by atoms with van der Waals surface area (Å²) < 4.78 is 5.94. The maximum Gasteiger partial charge on any atom is 0.224 e. The van der Waals surface area contributed by atoms with E-state index < -0.39 is 0 Å². The number of hydrogen-bond acceptors (Lipinski definition) is 3. The fraction of sp³-hybridized carbons (Fsp3) is 0.889. The lowest BCUT2D eigenvalue weighted by atomic mass is 9.60. The molecule has 0 unspecified atom stereocenters. The van der Waals surface area contributed by atoms with Gasteiger partial charge in [0.05, 0.1) is 6.10 Å². The predicted octanol–water partition coefficient (Wildman–Crippen LogP) is 2.20. The van der Waals surface area contributed by atoms with Gasteiger partial charge in [-0.05, 0) is 32.6 Å². The van der Waals surface area contributed by atoms with E-state index in [1.807, 2.05) is 16.8 Å². The number of hydrogen-bond donors (Lipinski definition) is 0. The molecular formula is C18H30N2O3. The van der Waals surface area contributed by atoms with Crippen LogP contribution >= 0.6 is 0 Å². The predicted molar refractivity (Wildman–Crippen MR) is 87.9 cm³/mol.